The van der Waals surface area contributed by atoms with Crippen molar-refractivity contribution in [1.82, 2.24) is 0 Å². The molecule has 2 nitrogen and oxygen atoms in total. The smallest absolute Gasteiger partial charge is 0.127 e. The summed E-state index contributed by atoms with van der Waals surface area (Å²) in [5, 5.41) is 3.66. The van der Waals surface area contributed by atoms with Gasteiger partial charge in [-0.15, -0.1) is 0 Å². The summed E-state index contributed by atoms with van der Waals surface area (Å²) in [5.74, 6) is 1.06. The van der Waals surface area contributed by atoms with Crippen LogP contribution in [0.1, 0.15) is 30.0 Å². The van der Waals surface area contributed by atoms with Gasteiger partial charge in [0.25, 0.3) is 0 Å². The predicted octanol–water partition coefficient (Wildman–Crippen LogP) is 4.93. The average Bonchev–Trinajstić information content (AvgIpc) is 2.63. The Bertz CT molecular complexity index is 612. The molecule has 2 aromatic rings. The molecule has 0 saturated heterocycles. The Kier molecular flexibility index (Phi) is 4.15. The molecule has 1 aliphatic heterocycles. The van der Waals surface area contributed by atoms with E-state index >= 15 is 0 Å². The second kappa shape index (κ2) is 6.04. The van der Waals surface area contributed by atoms with Crippen molar-refractivity contribution in [3.05, 3.63) is 57.2 Å². The van der Waals surface area contributed by atoms with E-state index in [1.165, 1.54) is 20.4 Å². The highest BCUT2D eigenvalue weighted by Gasteiger charge is 2.20. The van der Waals surface area contributed by atoms with Crippen LogP contribution in [0.3, 0.4) is 0 Å². The number of hydrogen-bond donors (Lipinski definition) is 1. The van der Waals surface area contributed by atoms with E-state index in [1.54, 1.807) is 0 Å². The standard InChI is InChI=1S/C17H18INO/c1-12-5-2-8-15-16(9-4-10-20-17(12)15)19-14-7-3-6-13(18)11-14/h2-3,5-8,11,16,19H,4,9-10H2,1H3. The number of anilines is 1. The number of hydrogen-bond acceptors (Lipinski definition) is 2. The lowest BCUT2D eigenvalue weighted by molar-refractivity contribution is 0.314. The van der Waals surface area contributed by atoms with Crippen molar-refractivity contribution in [2.75, 3.05) is 11.9 Å². The number of ether oxygens (including phenoxy) is 1. The van der Waals surface area contributed by atoms with Gasteiger partial charge in [0.15, 0.2) is 0 Å². The number of benzene rings is 2. The van der Waals surface area contributed by atoms with Gasteiger partial charge in [-0.1, -0.05) is 24.3 Å². The third-order valence-electron chi connectivity index (χ3n) is 3.67. The summed E-state index contributed by atoms with van der Waals surface area (Å²) in [4.78, 5) is 0. The average molecular weight is 379 g/mol. The minimum Gasteiger partial charge on any atom is -0.493 e. The molecule has 3 rings (SSSR count). The number of nitrogens with one attached hydrogen (secondary N) is 1. The van der Waals surface area contributed by atoms with Gasteiger partial charge in [0.1, 0.15) is 5.75 Å². The van der Waals surface area contributed by atoms with Crippen LogP contribution in [-0.2, 0) is 0 Å². The van der Waals surface area contributed by atoms with Gasteiger partial charge in [-0.25, -0.2) is 0 Å². The SMILES string of the molecule is Cc1cccc2c1OCCCC2Nc1cccc(I)c1. The van der Waals surface area contributed by atoms with Crippen LogP contribution in [0.15, 0.2) is 42.5 Å². The maximum absolute atomic E-state index is 5.93. The first kappa shape index (κ1) is 13.7. The highest BCUT2D eigenvalue weighted by molar-refractivity contribution is 14.1. The van der Waals surface area contributed by atoms with E-state index in [-0.39, 0.29) is 0 Å². The van der Waals surface area contributed by atoms with E-state index < -0.39 is 0 Å². The fourth-order valence-corrected chi connectivity index (χ4v) is 3.24. The molecule has 0 amide bonds. The Morgan fingerprint density at radius 3 is 2.90 bits per heavy atom. The maximum atomic E-state index is 5.93. The lowest BCUT2D eigenvalue weighted by Gasteiger charge is -2.20. The molecule has 1 aliphatic rings. The Morgan fingerprint density at radius 2 is 2.05 bits per heavy atom. The molecule has 1 heterocycles. The lowest BCUT2D eigenvalue weighted by Crippen LogP contribution is -2.10. The number of aryl methyl sites for hydroxylation is 1. The fourth-order valence-electron chi connectivity index (χ4n) is 2.69. The minimum absolute atomic E-state index is 0.325. The largest absolute Gasteiger partial charge is 0.493 e. The summed E-state index contributed by atoms with van der Waals surface area (Å²) in [6, 6.07) is 15.3. The summed E-state index contributed by atoms with van der Waals surface area (Å²) in [6.45, 7) is 2.93. The molecule has 0 aromatic heterocycles. The molecule has 1 atom stereocenters. The second-order valence-electron chi connectivity index (χ2n) is 5.19. The van der Waals surface area contributed by atoms with E-state index in [0.717, 1.165) is 25.2 Å². The van der Waals surface area contributed by atoms with E-state index in [0.29, 0.717) is 6.04 Å². The molecule has 0 bridgehead atoms. The van der Waals surface area contributed by atoms with E-state index in [1.807, 2.05) is 0 Å². The quantitative estimate of drug-likeness (QED) is 0.748. The van der Waals surface area contributed by atoms with Crippen LogP contribution in [-0.4, -0.2) is 6.61 Å². The number of halogens is 1. The zero-order valence-electron chi connectivity index (χ0n) is 11.5. The van der Waals surface area contributed by atoms with Gasteiger partial charge in [-0.05, 0) is 66.1 Å². The molecular weight excluding hydrogens is 361 g/mol. The first-order valence-corrected chi connectivity index (χ1v) is 8.06. The molecular formula is C17H18INO. The predicted molar refractivity (Wildman–Crippen MR) is 91.4 cm³/mol. The zero-order chi connectivity index (χ0) is 13.9. The fraction of sp³-hybridized carbons (Fsp3) is 0.294. The Hall–Kier alpha value is -1.23. The van der Waals surface area contributed by atoms with Crippen molar-refractivity contribution >= 4 is 28.3 Å². The van der Waals surface area contributed by atoms with Crippen LogP contribution in [0.5, 0.6) is 5.75 Å². The molecule has 1 N–H and O–H groups in total. The van der Waals surface area contributed by atoms with Gasteiger partial charge >= 0.3 is 0 Å². The van der Waals surface area contributed by atoms with Crippen LogP contribution in [0.25, 0.3) is 0 Å². The van der Waals surface area contributed by atoms with Crippen molar-refractivity contribution in [3.63, 3.8) is 0 Å². The van der Waals surface area contributed by atoms with Crippen molar-refractivity contribution in [1.29, 1.82) is 0 Å². The zero-order valence-corrected chi connectivity index (χ0v) is 13.7. The molecule has 104 valence electrons. The van der Waals surface area contributed by atoms with Crippen molar-refractivity contribution in [3.8, 4) is 5.75 Å². The van der Waals surface area contributed by atoms with Gasteiger partial charge in [0.05, 0.1) is 12.6 Å². The molecule has 0 radical (unpaired) electrons. The molecule has 1 unspecified atom stereocenters. The third-order valence-corrected chi connectivity index (χ3v) is 4.34. The molecule has 0 aliphatic carbocycles. The number of para-hydroxylation sites is 1. The summed E-state index contributed by atoms with van der Waals surface area (Å²) in [7, 11) is 0. The molecule has 3 heteroatoms. The molecule has 0 spiro atoms. The monoisotopic (exact) mass is 379 g/mol. The van der Waals surface area contributed by atoms with Crippen LogP contribution in [0.2, 0.25) is 0 Å². The van der Waals surface area contributed by atoms with Gasteiger partial charge in [0, 0.05) is 14.8 Å². The summed E-state index contributed by atoms with van der Waals surface area (Å²) in [5.41, 5.74) is 3.68. The molecule has 0 saturated carbocycles. The normalized spacial score (nSPS) is 17.8. The molecule has 0 fully saturated rings. The van der Waals surface area contributed by atoms with Gasteiger partial charge in [-0.3, -0.25) is 0 Å². The van der Waals surface area contributed by atoms with E-state index in [4.69, 9.17) is 4.74 Å². The Labute approximate surface area is 133 Å². The second-order valence-corrected chi connectivity index (χ2v) is 6.44. The summed E-state index contributed by atoms with van der Waals surface area (Å²) in [6.07, 6.45) is 2.18. The Morgan fingerprint density at radius 1 is 1.20 bits per heavy atom. The number of fused-ring (bicyclic) bond motifs is 1. The topological polar surface area (TPSA) is 21.3 Å². The van der Waals surface area contributed by atoms with Crippen LogP contribution < -0.4 is 10.1 Å². The van der Waals surface area contributed by atoms with Gasteiger partial charge < -0.3 is 10.1 Å². The third kappa shape index (κ3) is 2.92. The van der Waals surface area contributed by atoms with Gasteiger partial charge in [-0.2, -0.15) is 0 Å². The van der Waals surface area contributed by atoms with Crippen LogP contribution in [0.4, 0.5) is 5.69 Å². The molecule has 2 aromatic carbocycles. The summed E-state index contributed by atoms with van der Waals surface area (Å²) < 4.78 is 7.18. The lowest BCUT2D eigenvalue weighted by atomic mass is 9.99. The first-order chi connectivity index (χ1) is 9.74. The van der Waals surface area contributed by atoms with Crippen LogP contribution >= 0.6 is 22.6 Å². The highest BCUT2D eigenvalue weighted by atomic mass is 127. The minimum atomic E-state index is 0.325. The number of rotatable bonds is 2. The Balaban J connectivity index is 1.92. The van der Waals surface area contributed by atoms with Crippen molar-refractivity contribution in [2.45, 2.75) is 25.8 Å². The first-order valence-electron chi connectivity index (χ1n) is 6.98. The van der Waals surface area contributed by atoms with Crippen LogP contribution in [0, 0.1) is 10.5 Å². The van der Waals surface area contributed by atoms with Crippen molar-refractivity contribution < 1.29 is 4.74 Å². The van der Waals surface area contributed by atoms with Gasteiger partial charge in [0.2, 0.25) is 0 Å². The maximum Gasteiger partial charge on any atom is 0.127 e. The summed E-state index contributed by atoms with van der Waals surface area (Å²) >= 11 is 2.35. The molecule has 20 heavy (non-hydrogen) atoms. The van der Waals surface area contributed by atoms with E-state index in [9.17, 15) is 0 Å². The highest BCUT2D eigenvalue weighted by Crippen LogP contribution is 2.36. The van der Waals surface area contributed by atoms with E-state index in [2.05, 4.69) is 77.3 Å². The van der Waals surface area contributed by atoms with Crippen molar-refractivity contribution in [2.24, 2.45) is 0 Å².